The summed E-state index contributed by atoms with van der Waals surface area (Å²) in [7, 11) is -3.97. The molecule has 0 saturated heterocycles. The minimum Gasteiger partial charge on any atom is -0.423 e. The maximum atomic E-state index is 13.7. The van der Waals surface area contributed by atoms with Crippen LogP contribution in [-0.4, -0.2) is 26.5 Å². The van der Waals surface area contributed by atoms with Crippen LogP contribution in [0.3, 0.4) is 0 Å². The highest BCUT2D eigenvalue weighted by Crippen LogP contribution is 2.21. The number of carbonyl (C=O) groups is 2. The van der Waals surface area contributed by atoms with E-state index in [0.29, 0.717) is 10.6 Å². The highest BCUT2D eigenvalue weighted by atomic mass is 35.5. The zero-order valence-corrected chi connectivity index (χ0v) is 21.0. The number of anilines is 1. The Morgan fingerprint density at radius 3 is 2.16 bits per heavy atom. The summed E-state index contributed by atoms with van der Waals surface area (Å²) >= 11 is 5.82. The van der Waals surface area contributed by atoms with Gasteiger partial charge in [-0.25, -0.2) is 23.0 Å². The first-order valence-corrected chi connectivity index (χ1v) is 12.9. The summed E-state index contributed by atoms with van der Waals surface area (Å²) in [5.41, 5.74) is 2.84. The van der Waals surface area contributed by atoms with Crippen molar-refractivity contribution in [2.24, 2.45) is 5.10 Å². The van der Waals surface area contributed by atoms with Crippen LogP contribution in [0.25, 0.3) is 0 Å². The standard InChI is InChI=1S/C27H19ClFN3O5S/c28-19-11-15-21(16-12-19)38(35,36)32-25-8-4-2-6-23(25)26(33)31-30-17-18-9-13-20(14-10-18)37-27(34)22-5-1-3-7-24(22)29/h1-17,32H,(H,31,33)/b30-17-. The Balaban J connectivity index is 1.39. The predicted octanol–water partition coefficient (Wildman–Crippen LogP) is 5.26. The number of ether oxygens (including phenoxy) is 1. The summed E-state index contributed by atoms with van der Waals surface area (Å²) in [6.07, 6.45) is 1.35. The molecule has 1 amide bonds. The van der Waals surface area contributed by atoms with Gasteiger partial charge in [-0.1, -0.05) is 35.9 Å². The highest BCUT2D eigenvalue weighted by Gasteiger charge is 2.18. The summed E-state index contributed by atoms with van der Waals surface area (Å²) < 4.78 is 46.7. The van der Waals surface area contributed by atoms with E-state index in [1.165, 1.54) is 72.9 Å². The van der Waals surface area contributed by atoms with Gasteiger partial charge < -0.3 is 4.74 Å². The maximum Gasteiger partial charge on any atom is 0.346 e. The molecule has 4 aromatic carbocycles. The lowest BCUT2D eigenvalue weighted by molar-refractivity contribution is 0.0729. The Morgan fingerprint density at radius 1 is 0.842 bits per heavy atom. The third kappa shape index (κ3) is 6.61. The van der Waals surface area contributed by atoms with E-state index in [0.717, 1.165) is 6.07 Å². The Kier molecular flexibility index (Phi) is 8.15. The summed E-state index contributed by atoms with van der Waals surface area (Å²) in [5.74, 6) is -1.97. The van der Waals surface area contributed by atoms with Crippen LogP contribution in [0.1, 0.15) is 26.3 Å². The second kappa shape index (κ2) is 11.7. The van der Waals surface area contributed by atoms with Crippen LogP contribution in [0.4, 0.5) is 10.1 Å². The van der Waals surface area contributed by atoms with Gasteiger partial charge in [0.25, 0.3) is 15.9 Å². The maximum absolute atomic E-state index is 13.7. The molecular formula is C27H19ClFN3O5S. The number of carbonyl (C=O) groups excluding carboxylic acids is 2. The third-order valence-electron chi connectivity index (χ3n) is 5.10. The molecule has 0 saturated carbocycles. The summed E-state index contributed by atoms with van der Waals surface area (Å²) in [6, 6.07) is 23.3. The number of hydrogen-bond acceptors (Lipinski definition) is 6. The van der Waals surface area contributed by atoms with Gasteiger partial charge in [0, 0.05) is 5.02 Å². The number of amides is 1. The number of nitrogens with one attached hydrogen (secondary N) is 2. The number of sulfonamides is 1. The molecule has 0 fully saturated rings. The molecule has 0 unspecified atom stereocenters. The fourth-order valence-electron chi connectivity index (χ4n) is 3.22. The van der Waals surface area contributed by atoms with E-state index in [9.17, 15) is 22.4 Å². The fourth-order valence-corrected chi connectivity index (χ4v) is 4.43. The number of halogens is 2. The lowest BCUT2D eigenvalue weighted by atomic mass is 10.2. The molecule has 2 N–H and O–H groups in total. The van der Waals surface area contributed by atoms with E-state index in [1.807, 2.05) is 0 Å². The molecule has 0 spiro atoms. The smallest absolute Gasteiger partial charge is 0.346 e. The molecule has 0 aliphatic heterocycles. The number of hydrazone groups is 1. The number of esters is 1. The monoisotopic (exact) mass is 551 g/mol. The van der Waals surface area contributed by atoms with E-state index in [4.69, 9.17) is 16.3 Å². The van der Waals surface area contributed by atoms with E-state index in [2.05, 4.69) is 15.2 Å². The zero-order valence-electron chi connectivity index (χ0n) is 19.5. The topological polar surface area (TPSA) is 114 Å². The number of rotatable bonds is 8. The number of hydrogen-bond donors (Lipinski definition) is 2. The second-order valence-corrected chi connectivity index (χ2v) is 9.86. The van der Waals surface area contributed by atoms with Crippen LogP contribution in [0, 0.1) is 5.82 Å². The molecule has 0 heterocycles. The molecule has 0 radical (unpaired) electrons. The van der Waals surface area contributed by atoms with Crippen LogP contribution in [0.15, 0.2) is 107 Å². The first-order chi connectivity index (χ1) is 18.2. The van der Waals surface area contributed by atoms with Gasteiger partial charge >= 0.3 is 5.97 Å². The number of para-hydroxylation sites is 1. The van der Waals surface area contributed by atoms with Crippen LogP contribution in [0.5, 0.6) is 5.75 Å². The number of nitrogens with zero attached hydrogens (tertiary/aromatic N) is 1. The van der Waals surface area contributed by atoms with Crippen molar-refractivity contribution >= 4 is 45.4 Å². The molecule has 11 heteroatoms. The van der Waals surface area contributed by atoms with Gasteiger partial charge in [0.1, 0.15) is 11.6 Å². The second-order valence-electron chi connectivity index (χ2n) is 7.74. The van der Waals surface area contributed by atoms with Crippen LogP contribution < -0.4 is 14.9 Å². The van der Waals surface area contributed by atoms with Gasteiger partial charge in [0.2, 0.25) is 0 Å². The van der Waals surface area contributed by atoms with E-state index < -0.39 is 27.7 Å². The van der Waals surface area contributed by atoms with Gasteiger partial charge in [-0.3, -0.25) is 9.52 Å². The molecule has 38 heavy (non-hydrogen) atoms. The first-order valence-electron chi connectivity index (χ1n) is 11.0. The van der Waals surface area contributed by atoms with Crippen LogP contribution >= 0.6 is 11.6 Å². The Labute approximate surface area is 222 Å². The summed E-state index contributed by atoms with van der Waals surface area (Å²) in [4.78, 5) is 24.8. The minimum absolute atomic E-state index is 0.0156. The number of benzene rings is 4. The lowest BCUT2D eigenvalue weighted by Gasteiger charge is -2.11. The zero-order chi connectivity index (χ0) is 27.1. The van der Waals surface area contributed by atoms with E-state index in [1.54, 1.807) is 24.3 Å². The molecular weight excluding hydrogens is 533 g/mol. The Bertz CT molecular complexity index is 1610. The molecule has 4 rings (SSSR count). The predicted molar refractivity (Wildman–Crippen MR) is 142 cm³/mol. The Hall–Kier alpha value is -4.54. The molecule has 0 atom stereocenters. The van der Waals surface area contributed by atoms with Crippen LogP contribution in [0.2, 0.25) is 5.02 Å². The van der Waals surface area contributed by atoms with Gasteiger partial charge in [-0.2, -0.15) is 5.10 Å². The molecule has 0 aliphatic rings. The molecule has 192 valence electrons. The molecule has 0 aromatic heterocycles. The Morgan fingerprint density at radius 2 is 1.47 bits per heavy atom. The minimum atomic E-state index is -3.97. The molecule has 0 bridgehead atoms. The molecule has 0 aliphatic carbocycles. The van der Waals surface area contributed by atoms with Crippen molar-refractivity contribution < 1.29 is 27.1 Å². The van der Waals surface area contributed by atoms with Crippen molar-refractivity contribution in [3.05, 3.63) is 125 Å². The third-order valence-corrected chi connectivity index (χ3v) is 6.74. The highest BCUT2D eigenvalue weighted by molar-refractivity contribution is 7.92. The average molecular weight is 552 g/mol. The normalized spacial score (nSPS) is 11.2. The fraction of sp³-hybridized carbons (Fsp3) is 0. The van der Waals surface area contributed by atoms with Crippen molar-refractivity contribution in [2.75, 3.05) is 4.72 Å². The lowest BCUT2D eigenvalue weighted by Crippen LogP contribution is -2.21. The van der Waals surface area contributed by atoms with Gasteiger partial charge in [0.15, 0.2) is 0 Å². The van der Waals surface area contributed by atoms with Gasteiger partial charge in [0.05, 0.1) is 27.9 Å². The van der Waals surface area contributed by atoms with E-state index >= 15 is 0 Å². The van der Waals surface area contributed by atoms with Gasteiger partial charge in [-0.05, 0) is 78.4 Å². The van der Waals surface area contributed by atoms with Crippen molar-refractivity contribution in [2.45, 2.75) is 4.90 Å². The van der Waals surface area contributed by atoms with E-state index in [-0.39, 0.29) is 27.5 Å². The SMILES string of the molecule is O=C(Oc1ccc(/C=N\NC(=O)c2ccccc2NS(=O)(=O)c2ccc(Cl)cc2)cc1)c1ccccc1F. The van der Waals surface area contributed by atoms with Crippen molar-refractivity contribution in [3.63, 3.8) is 0 Å². The molecule has 4 aromatic rings. The molecule has 8 nitrogen and oxygen atoms in total. The summed E-state index contributed by atoms with van der Waals surface area (Å²) in [6.45, 7) is 0. The van der Waals surface area contributed by atoms with Crippen molar-refractivity contribution in [1.82, 2.24) is 5.43 Å². The van der Waals surface area contributed by atoms with Gasteiger partial charge in [-0.15, -0.1) is 0 Å². The largest absolute Gasteiger partial charge is 0.423 e. The average Bonchev–Trinajstić information content (AvgIpc) is 2.90. The quantitative estimate of drug-likeness (QED) is 0.134. The van der Waals surface area contributed by atoms with Crippen LogP contribution in [-0.2, 0) is 10.0 Å². The summed E-state index contributed by atoms with van der Waals surface area (Å²) in [5, 5.41) is 4.29. The van der Waals surface area contributed by atoms with Crippen molar-refractivity contribution in [1.29, 1.82) is 0 Å². The van der Waals surface area contributed by atoms with Crippen molar-refractivity contribution in [3.8, 4) is 5.75 Å². The first kappa shape index (κ1) is 26.5.